The number of aliphatic imine (C=N–C) groups is 1. The van der Waals surface area contributed by atoms with Crippen molar-refractivity contribution in [1.82, 2.24) is 0 Å². The third-order valence-corrected chi connectivity index (χ3v) is 3.68. The van der Waals surface area contributed by atoms with Crippen molar-refractivity contribution in [3.63, 3.8) is 0 Å². The van der Waals surface area contributed by atoms with Gasteiger partial charge in [-0.1, -0.05) is 12.1 Å². The molecule has 1 aliphatic rings. The van der Waals surface area contributed by atoms with Gasteiger partial charge in [0.25, 0.3) is 5.69 Å². The summed E-state index contributed by atoms with van der Waals surface area (Å²) in [4.78, 5) is 37.3. The molecule has 24 heavy (non-hydrogen) atoms. The van der Waals surface area contributed by atoms with Crippen LogP contribution in [0.1, 0.15) is 18.4 Å². The van der Waals surface area contributed by atoms with Crippen LogP contribution in [-0.4, -0.2) is 32.8 Å². The SMILES string of the molecule is CC1=NC(C#N)=C(C(=O)O)C(c2cccc([N+](=O)[O-])c2)C1C(=O)O. The van der Waals surface area contributed by atoms with E-state index in [0.717, 1.165) is 6.07 Å². The van der Waals surface area contributed by atoms with E-state index in [4.69, 9.17) is 5.26 Å². The zero-order valence-electron chi connectivity index (χ0n) is 12.3. The van der Waals surface area contributed by atoms with Crippen molar-refractivity contribution in [3.05, 3.63) is 51.2 Å². The first kappa shape index (κ1) is 16.8. The van der Waals surface area contributed by atoms with Gasteiger partial charge in [0.05, 0.1) is 10.5 Å². The number of allylic oxidation sites excluding steroid dienone is 1. The fourth-order valence-corrected chi connectivity index (χ4v) is 2.69. The summed E-state index contributed by atoms with van der Waals surface area (Å²) in [6.45, 7) is 1.37. The van der Waals surface area contributed by atoms with Gasteiger partial charge in [0.2, 0.25) is 0 Å². The van der Waals surface area contributed by atoms with Crippen LogP contribution in [0, 0.1) is 27.4 Å². The summed E-state index contributed by atoms with van der Waals surface area (Å²) in [7, 11) is 0. The number of carbonyl (C=O) groups is 2. The Hall–Kier alpha value is -3.54. The minimum Gasteiger partial charge on any atom is -0.481 e. The Morgan fingerprint density at radius 2 is 2.04 bits per heavy atom. The number of carboxylic acid groups (broad SMARTS) is 2. The molecule has 0 fully saturated rings. The number of hydrogen-bond acceptors (Lipinski definition) is 6. The molecule has 122 valence electrons. The van der Waals surface area contributed by atoms with Gasteiger partial charge in [0, 0.05) is 23.8 Å². The fourth-order valence-electron chi connectivity index (χ4n) is 2.69. The summed E-state index contributed by atoms with van der Waals surface area (Å²) in [5.74, 6) is -5.42. The monoisotopic (exact) mass is 329 g/mol. The van der Waals surface area contributed by atoms with Crippen LogP contribution in [0.5, 0.6) is 0 Å². The minimum absolute atomic E-state index is 0.0561. The Morgan fingerprint density at radius 1 is 1.38 bits per heavy atom. The molecule has 1 heterocycles. The smallest absolute Gasteiger partial charge is 0.335 e. The molecular formula is C15H11N3O6. The number of aliphatic carboxylic acids is 2. The Bertz CT molecular complexity index is 849. The first-order chi connectivity index (χ1) is 11.3. The lowest BCUT2D eigenvalue weighted by Gasteiger charge is -2.28. The van der Waals surface area contributed by atoms with E-state index in [1.54, 1.807) is 6.07 Å². The van der Waals surface area contributed by atoms with Crippen molar-refractivity contribution in [1.29, 1.82) is 5.26 Å². The fraction of sp³-hybridized carbons (Fsp3) is 0.200. The number of non-ortho nitro benzene ring substituents is 1. The van der Waals surface area contributed by atoms with Gasteiger partial charge in [-0.2, -0.15) is 5.26 Å². The van der Waals surface area contributed by atoms with Crippen molar-refractivity contribution in [2.75, 3.05) is 0 Å². The molecule has 0 spiro atoms. The van der Waals surface area contributed by atoms with Crippen molar-refractivity contribution >= 4 is 23.3 Å². The summed E-state index contributed by atoms with van der Waals surface area (Å²) in [5.41, 5.74) is -1.03. The molecule has 2 atom stereocenters. The van der Waals surface area contributed by atoms with E-state index in [1.807, 2.05) is 0 Å². The molecule has 0 aliphatic carbocycles. The van der Waals surface area contributed by atoms with E-state index < -0.39 is 40.0 Å². The zero-order valence-corrected chi connectivity index (χ0v) is 12.3. The van der Waals surface area contributed by atoms with Crippen LogP contribution in [0.3, 0.4) is 0 Å². The van der Waals surface area contributed by atoms with Crippen molar-refractivity contribution < 1.29 is 24.7 Å². The van der Waals surface area contributed by atoms with E-state index in [2.05, 4.69) is 4.99 Å². The number of nitro benzene ring substituents is 1. The Morgan fingerprint density at radius 3 is 2.54 bits per heavy atom. The lowest BCUT2D eigenvalue weighted by atomic mass is 9.75. The van der Waals surface area contributed by atoms with Crippen LogP contribution in [0.15, 0.2) is 40.5 Å². The van der Waals surface area contributed by atoms with E-state index in [-0.39, 0.29) is 17.0 Å². The number of nitrogens with zero attached hydrogens (tertiary/aromatic N) is 3. The molecule has 1 aromatic rings. The molecule has 1 aliphatic heterocycles. The predicted molar refractivity (Wildman–Crippen MR) is 80.3 cm³/mol. The lowest BCUT2D eigenvalue weighted by molar-refractivity contribution is -0.384. The molecule has 0 saturated carbocycles. The maximum Gasteiger partial charge on any atom is 0.335 e. The van der Waals surface area contributed by atoms with Gasteiger partial charge in [-0.05, 0) is 12.5 Å². The molecule has 0 radical (unpaired) electrons. The van der Waals surface area contributed by atoms with Crippen LogP contribution < -0.4 is 0 Å². The number of rotatable bonds is 4. The lowest BCUT2D eigenvalue weighted by Crippen LogP contribution is -2.35. The highest BCUT2D eigenvalue weighted by molar-refractivity contribution is 6.06. The maximum absolute atomic E-state index is 11.6. The molecular weight excluding hydrogens is 318 g/mol. The van der Waals surface area contributed by atoms with Crippen molar-refractivity contribution in [2.45, 2.75) is 12.8 Å². The van der Waals surface area contributed by atoms with Gasteiger partial charge in [0.15, 0.2) is 5.70 Å². The molecule has 2 rings (SSSR count). The summed E-state index contributed by atoms with van der Waals surface area (Å²) in [6.07, 6.45) is 0. The third kappa shape index (κ3) is 2.85. The standard InChI is InChI=1S/C15H11N3O6/c1-7-11(14(19)20)12(13(15(21)22)10(6-16)17-7)8-3-2-4-9(5-8)18(23)24/h2-5,11-12H,1H3,(H,19,20)(H,21,22). The van der Waals surface area contributed by atoms with Gasteiger partial charge in [0.1, 0.15) is 12.0 Å². The number of nitro groups is 1. The van der Waals surface area contributed by atoms with Crippen LogP contribution >= 0.6 is 0 Å². The minimum atomic E-state index is -1.49. The quantitative estimate of drug-likeness (QED) is 0.629. The highest BCUT2D eigenvalue weighted by Crippen LogP contribution is 2.39. The van der Waals surface area contributed by atoms with Gasteiger partial charge in [-0.3, -0.25) is 14.9 Å². The first-order valence-electron chi connectivity index (χ1n) is 6.67. The molecule has 2 N–H and O–H groups in total. The molecule has 9 nitrogen and oxygen atoms in total. The summed E-state index contributed by atoms with van der Waals surface area (Å²) < 4.78 is 0. The van der Waals surface area contributed by atoms with Crippen molar-refractivity contribution in [3.8, 4) is 6.07 Å². The molecule has 0 bridgehead atoms. The van der Waals surface area contributed by atoms with Gasteiger partial charge >= 0.3 is 11.9 Å². The number of hydrogen-bond donors (Lipinski definition) is 2. The molecule has 9 heteroatoms. The topological polar surface area (TPSA) is 154 Å². The molecule has 2 unspecified atom stereocenters. The van der Waals surface area contributed by atoms with E-state index in [0.29, 0.717) is 0 Å². The normalized spacial score (nSPS) is 20.1. The average Bonchev–Trinajstić information content (AvgIpc) is 2.52. The predicted octanol–water partition coefficient (Wildman–Crippen LogP) is 1.72. The number of nitriles is 1. The van der Waals surface area contributed by atoms with Crippen LogP contribution in [0.4, 0.5) is 5.69 Å². The second kappa shape index (κ2) is 6.29. The largest absolute Gasteiger partial charge is 0.481 e. The summed E-state index contributed by atoms with van der Waals surface area (Å²) >= 11 is 0. The van der Waals surface area contributed by atoms with Crippen LogP contribution in [0.25, 0.3) is 0 Å². The maximum atomic E-state index is 11.6. The Balaban J connectivity index is 2.76. The van der Waals surface area contributed by atoms with Crippen LogP contribution in [0.2, 0.25) is 0 Å². The van der Waals surface area contributed by atoms with Crippen molar-refractivity contribution in [2.24, 2.45) is 10.9 Å². The van der Waals surface area contributed by atoms with Crippen LogP contribution in [-0.2, 0) is 9.59 Å². The molecule has 0 amide bonds. The Labute approximate surface area is 135 Å². The molecule has 0 saturated heterocycles. The van der Waals surface area contributed by atoms with Gasteiger partial charge in [-0.15, -0.1) is 0 Å². The number of benzene rings is 1. The highest BCUT2D eigenvalue weighted by Gasteiger charge is 2.42. The van der Waals surface area contributed by atoms with Gasteiger partial charge in [-0.25, -0.2) is 9.79 Å². The van der Waals surface area contributed by atoms with E-state index >= 15 is 0 Å². The highest BCUT2D eigenvalue weighted by atomic mass is 16.6. The second-order valence-corrected chi connectivity index (χ2v) is 5.08. The zero-order chi connectivity index (χ0) is 18.0. The van der Waals surface area contributed by atoms with E-state index in [9.17, 15) is 29.9 Å². The van der Waals surface area contributed by atoms with Gasteiger partial charge < -0.3 is 10.2 Å². The molecule has 0 aromatic heterocycles. The Kier molecular flexibility index (Phi) is 4.41. The summed E-state index contributed by atoms with van der Waals surface area (Å²) in [6, 6.07) is 6.69. The number of carboxylic acids is 2. The second-order valence-electron chi connectivity index (χ2n) is 5.08. The average molecular weight is 329 g/mol. The van der Waals surface area contributed by atoms with E-state index in [1.165, 1.54) is 25.1 Å². The summed E-state index contributed by atoms with van der Waals surface area (Å²) in [5, 5.41) is 39.0. The third-order valence-electron chi connectivity index (χ3n) is 3.68. The first-order valence-corrected chi connectivity index (χ1v) is 6.67. The molecule has 1 aromatic carbocycles.